The first-order valence-electron chi connectivity index (χ1n) is 7.99. The van der Waals surface area contributed by atoms with Gasteiger partial charge in [0.2, 0.25) is 0 Å². The van der Waals surface area contributed by atoms with E-state index in [2.05, 4.69) is 44.8 Å². The summed E-state index contributed by atoms with van der Waals surface area (Å²) in [6, 6.07) is 0.598. The second kappa shape index (κ2) is 11.7. The van der Waals surface area contributed by atoms with E-state index in [1.54, 1.807) is 7.11 Å². The van der Waals surface area contributed by atoms with Gasteiger partial charge in [-0.1, -0.05) is 41.0 Å². The average Bonchev–Trinajstić information content (AvgIpc) is 2.38. The molecule has 3 nitrogen and oxygen atoms in total. The molecule has 0 aromatic carbocycles. The van der Waals surface area contributed by atoms with Gasteiger partial charge in [-0.3, -0.25) is 4.90 Å². The molecule has 19 heavy (non-hydrogen) atoms. The number of nitrogens with one attached hydrogen (secondary N) is 1. The monoisotopic (exact) mass is 272 g/mol. The molecule has 116 valence electrons. The van der Waals surface area contributed by atoms with Gasteiger partial charge in [0.05, 0.1) is 6.61 Å². The molecule has 0 heterocycles. The molecule has 2 atom stereocenters. The Bertz CT molecular complexity index is 197. The second-order valence-electron chi connectivity index (χ2n) is 6.09. The largest absolute Gasteiger partial charge is 0.383 e. The predicted molar refractivity (Wildman–Crippen MR) is 84.7 cm³/mol. The van der Waals surface area contributed by atoms with Crippen LogP contribution in [0.15, 0.2) is 0 Å². The fourth-order valence-electron chi connectivity index (χ4n) is 2.33. The minimum absolute atomic E-state index is 0.598. The topological polar surface area (TPSA) is 24.5 Å². The van der Waals surface area contributed by atoms with Gasteiger partial charge in [-0.25, -0.2) is 0 Å². The lowest BCUT2D eigenvalue weighted by molar-refractivity contribution is 0.125. The zero-order chi connectivity index (χ0) is 14.7. The van der Waals surface area contributed by atoms with Crippen LogP contribution >= 0.6 is 0 Å². The SMILES string of the molecule is CCCNC(CN(CCOC)CC(C)C)C(C)CC. The summed E-state index contributed by atoms with van der Waals surface area (Å²) in [5, 5.41) is 3.72. The number of hydrogen-bond acceptors (Lipinski definition) is 3. The van der Waals surface area contributed by atoms with E-state index in [-0.39, 0.29) is 0 Å². The van der Waals surface area contributed by atoms with Crippen LogP contribution in [0, 0.1) is 11.8 Å². The molecular formula is C16H36N2O. The van der Waals surface area contributed by atoms with E-state index in [0.717, 1.165) is 38.7 Å². The Labute approximate surface area is 121 Å². The molecule has 0 saturated carbocycles. The maximum Gasteiger partial charge on any atom is 0.0589 e. The van der Waals surface area contributed by atoms with Gasteiger partial charge >= 0.3 is 0 Å². The number of methoxy groups -OCH3 is 1. The fraction of sp³-hybridized carbons (Fsp3) is 1.00. The smallest absolute Gasteiger partial charge is 0.0589 e. The van der Waals surface area contributed by atoms with Crippen LogP contribution in [0.5, 0.6) is 0 Å². The zero-order valence-electron chi connectivity index (χ0n) is 14.0. The third-order valence-corrected chi connectivity index (χ3v) is 3.68. The molecule has 0 aliphatic heterocycles. The van der Waals surface area contributed by atoms with E-state index < -0.39 is 0 Å². The Morgan fingerprint density at radius 1 is 1.11 bits per heavy atom. The van der Waals surface area contributed by atoms with E-state index in [9.17, 15) is 0 Å². The minimum Gasteiger partial charge on any atom is -0.383 e. The van der Waals surface area contributed by atoms with Crippen LogP contribution < -0.4 is 5.32 Å². The van der Waals surface area contributed by atoms with Crippen LogP contribution in [0.3, 0.4) is 0 Å². The molecule has 2 unspecified atom stereocenters. The first kappa shape index (κ1) is 18.9. The molecule has 0 aromatic heterocycles. The first-order chi connectivity index (χ1) is 9.04. The number of nitrogens with zero attached hydrogens (tertiary/aromatic N) is 1. The standard InChI is InChI=1S/C16H36N2O/c1-7-9-17-16(15(5)8-2)13-18(10-11-19-6)12-14(3)4/h14-17H,7-13H2,1-6H3. The first-order valence-corrected chi connectivity index (χ1v) is 7.99. The second-order valence-corrected chi connectivity index (χ2v) is 6.09. The molecular weight excluding hydrogens is 236 g/mol. The highest BCUT2D eigenvalue weighted by molar-refractivity contribution is 4.77. The summed E-state index contributed by atoms with van der Waals surface area (Å²) in [4.78, 5) is 2.55. The van der Waals surface area contributed by atoms with Crippen LogP contribution in [-0.2, 0) is 4.74 Å². The third kappa shape index (κ3) is 9.42. The van der Waals surface area contributed by atoms with E-state index >= 15 is 0 Å². The maximum atomic E-state index is 5.24. The van der Waals surface area contributed by atoms with E-state index in [1.807, 2.05) is 0 Å². The van der Waals surface area contributed by atoms with Crippen molar-refractivity contribution in [1.29, 1.82) is 0 Å². The van der Waals surface area contributed by atoms with Crippen molar-refractivity contribution in [3.8, 4) is 0 Å². The maximum absolute atomic E-state index is 5.24. The minimum atomic E-state index is 0.598. The molecule has 0 aliphatic rings. The lowest BCUT2D eigenvalue weighted by Gasteiger charge is -2.32. The Morgan fingerprint density at radius 2 is 1.79 bits per heavy atom. The summed E-state index contributed by atoms with van der Waals surface area (Å²) in [5.41, 5.74) is 0. The van der Waals surface area contributed by atoms with Crippen molar-refractivity contribution >= 4 is 0 Å². The van der Waals surface area contributed by atoms with Crippen molar-refractivity contribution in [2.75, 3.05) is 39.9 Å². The van der Waals surface area contributed by atoms with Crippen molar-refractivity contribution < 1.29 is 4.74 Å². The summed E-state index contributed by atoms with van der Waals surface area (Å²) in [5.74, 6) is 1.43. The van der Waals surface area contributed by atoms with Gasteiger partial charge in [0.25, 0.3) is 0 Å². The highest BCUT2D eigenvalue weighted by Gasteiger charge is 2.19. The molecule has 0 saturated heterocycles. The number of rotatable bonds is 12. The van der Waals surface area contributed by atoms with Crippen LogP contribution in [0.25, 0.3) is 0 Å². The van der Waals surface area contributed by atoms with Gasteiger partial charge in [0.1, 0.15) is 0 Å². The van der Waals surface area contributed by atoms with Crippen LogP contribution in [0.4, 0.5) is 0 Å². The predicted octanol–water partition coefficient (Wildman–Crippen LogP) is 3.01. The summed E-state index contributed by atoms with van der Waals surface area (Å²) in [6.45, 7) is 16.7. The van der Waals surface area contributed by atoms with Crippen LogP contribution in [0.2, 0.25) is 0 Å². The van der Waals surface area contributed by atoms with Crippen molar-refractivity contribution in [2.45, 2.75) is 53.5 Å². The van der Waals surface area contributed by atoms with Gasteiger partial charge in [0, 0.05) is 32.8 Å². The fourth-order valence-corrected chi connectivity index (χ4v) is 2.33. The Hall–Kier alpha value is -0.120. The normalized spacial score (nSPS) is 15.2. The molecule has 1 N–H and O–H groups in total. The van der Waals surface area contributed by atoms with Gasteiger partial charge in [-0.05, 0) is 24.8 Å². The lowest BCUT2D eigenvalue weighted by Crippen LogP contribution is -2.46. The van der Waals surface area contributed by atoms with Gasteiger partial charge in [-0.2, -0.15) is 0 Å². The van der Waals surface area contributed by atoms with E-state index in [0.29, 0.717) is 12.0 Å². The molecule has 0 bridgehead atoms. The Morgan fingerprint density at radius 3 is 2.26 bits per heavy atom. The average molecular weight is 272 g/mol. The molecule has 0 aromatic rings. The van der Waals surface area contributed by atoms with Gasteiger partial charge < -0.3 is 10.1 Å². The summed E-state index contributed by atoms with van der Waals surface area (Å²) in [7, 11) is 1.79. The summed E-state index contributed by atoms with van der Waals surface area (Å²) < 4.78 is 5.24. The van der Waals surface area contributed by atoms with E-state index in [1.165, 1.54) is 12.8 Å². The van der Waals surface area contributed by atoms with Crippen molar-refractivity contribution in [2.24, 2.45) is 11.8 Å². The molecule has 0 amide bonds. The van der Waals surface area contributed by atoms with Crippen LogP contribution in [-0.4, -0.2) is 50.8 Å². The molecule has 0 fully saturated rings. The molecule has 0 aliphatic carbocycles. The number of ether oxygens (including phenoxy) is 1. The highest BCUT2D eigenvalue weighted by atomic mass is 16.5. The molecule has 3 heteroatoms. The van der Waals surface area contributed by atoms with Crippen molar-refractivity contribution in [1.82, 2.24) is 10.2 Å². The quantitative estimate of drug-likeness (QED) is 0.591. The summed E-state index contributed by atoms with van der Waals surface area (Å²) in [6.07, 6.45) is 2.44. The molecule has 0 spiro atoms. The van der Waals surface area contributed by atoms with Crippen LogP contribution in [0.1, 0.15) is 47.5 Å². The zero-order valence-corrected chi connectivity index (χ0v) is 14.0. The number of hydrogen-bond donors (Lipinski definition) is 1. The van der Waals surface area contributed by atoms with E-state index in [4.69, 9.17) is 4.74 Å². The molecule has 0 rings (SSSR count). The van der Waals surface area contributed by atoms with Gasteiger partial charge in [-0.15, -0.1) is 0 Å². The van der Waals surface area contributed by atoms with Crippen molar-refractivity contribution in [3.63, 3.8) is 0 Å². The van der Waals surface area contributed by atoms with Crippen molar-refractivity contribution in [3.05, 3.63) is 0 Å². The molecule has 0 radical (unpaired) electrons. The highest BCUT2D eigenvalue weighted by Crippen LogP contribution is 2.11. The summed E-state index contributed by atoms with van der Waals surface area (Å²) >= 11 is 0. The lowest BCUT2D eigenvalue weighted by atomic mass is 9.98. The third-order valence-electron chi connectivity index (χ3n) is 3.68. The Balaban J connectivity index is 4.41. The van der Waals surface area contributed by atoms with Gasteiger partial charge in [0.15, 0.2) is 0 Å². The Kier molecular flexibility index (Phi) is 11.6.